The Hall–Kier alpha value is -1.65. The minimum Gasteiger partial charge on any atom is -0.352 e. The van der Waals surface area contributed by atoms with Gasteiger partial charge in [0, 0.05) is 6.20 Å². The monoisotopic (exact) mass is 173 g/mol. The molecule has 0 spiro atoms. The molecule has 0 atom stereocenters. The quantitative estimate of drug-likeness (QED) is 0.504. The van der Waals surface area contributed by atoms with Gasteiger partial charge in [-0.3, -0.25) is 4.79 Å². The van der Waals surface area contributed by atoms with Gasteiger partial charge in [0.05, 0.1) is 11.7 Å². The van der Waals surface area contributed by atoms with Gasteiger partial charge in [0.25, 0.3) is 0 Å². The molecule has 2 aromatic rings. The molecule has 0 fully saturated rings. The highest BCUT2D eigenvalue weighted by molar-refractivity contribution is 6.06. The van der Waals surface area contributed by atoms with E-state index in [4.69, 9.17) is 0 Å². The van der Waals surface area contributed by atoms with Crippen molar-refractivity contribution in [1.29, 1.82) is 0 Å². The zero-order valence-electron chi connectivity index (χ0n) is 7.48. The van der Waals surface area contributed by atoms with Gasteiger partial charge in [-0.25, -0.2) is 9.97 Å². The van der Waals surface area contributed by atoms with E-state index in [0.29, 0.717) is 11.0 Å². The molecule has 0 aliphatic heterocycles. The van der Waals surface area contributed by atoms with Gasteiger partial charge < -0.3 is 4.48 Å². The van der Waals surface area contributed by atoms with E-state index in [0.717, 1.165) is 5.56 Å². The molecule has 0 aromatic carbocycles. The Balaban J connectivity index is 2.97. The molecule has 0 aliphatic carbocycles. The Kier molecular flexibility index (Phi) is 1.65. The van der Waals surface area contributed by atoms with E-state index < -0.39 is 0 Å². The van der Waals surface area contributed by atoms with E-state index in [-0.39, 0.29) is 5.56 Å². The van der Waals surface area contributed by atoms with E-state index in [9.17, 15) is 4.79 Å². The summed E-state index contributed by atoms with van der Waals surface area (Å²) < 4.78 is 1.45. The van der Waals surface area contributed by atoms with Crippen LogP contribution in [0.25, 0.3) is 11.0 Å². The molecule has 0 radical (unpaired) electrons. The molecule has 0 bridgehead atoms. The molecule has 0 N–H and O–H groups in total. The number of nitrogens with zero attached hydrogens (tertiary/aromatic N) is 3. The van der Waals surface area contributed by atoms with Crippen molar-refractivity contribution in [1.82, 2.24) is 14.4 Å². The molecular weight excluding hydrogens is 165 g/mol. The normalized spacial score (nSPS) is 10.5. The van der Waals surface area contributed by atoms with Crippen molar-refractivity contribution in [3.8, 4) is 0 Å². The molecule has 13 heavy (non-hydrogen) atoms. The van der Waals surface area contributed by atoms with Gasteiger partial charge in [-0.1, -0.05) is 0 Å². The Morgan fingerprint density at radius 1 is 1.46 bits per heavy atom. The topological polar surface area (TPSA) is 47.8 Å². The maximum absolute atomic E-state index is 11.6. The first-order chi connectivity index (χ1) is 6.18. The van der Waals surface area contributed by atoms with Crippen molar-refractivity contribution in [2.45, 2.75) is 6.92 Å². The summed E-state index contributed by atoms with van der Waals surface area (Å²) in [6, 6.07) is 1.80. The van der Waals surface area contributed by atoms with Gasteiger partial charge in [-0.05, 0) is 18.6 Å². The van der Waals surface area contributed by atoms with Crippen molar-refractivity contribution in [3.05, 3.63) is 34.5 Å². The number of hydrogen-bond acceptors (Lipinski definition) is 3. The molecule has 4 nitrogen and oxygen atoms in total. The van der Waals surface area contributed by atoms with E-state index in [1.165, 1.54) is 10.8 Å². The van der Waals surface area contributed by atoms with Gasteiger partial charge in [0.2, 0.25) is 13.5 Å². The molecule has 2 heterocycles. The lowest BCUT2D eigenvalue weighted by Gasteiger charge is -1.99. The number of pyridine rings is 1. The predicted molar refractivity (Wildman–Crippen MR) is 52.5 cm³/mol. The lowest BCUT2D eigenvalue weighted by atomic mass is 10.2. The van der Waals surface area contributed by atoms with Crippen molar-refractivity contribution < 1.29 is 0 Å². The maximum atomic E-state index is 11.6. The highest BCUT2D eigenvalue weighted by atomic mass is 16.1. The minimum atomic E-state index is -0.0544. The molecule has 2 aromatic heterocycles. The fourth-order valence-electron chi connectivity index (χ4n) is 1.21. The first kappa shape index (κ1) is 7.98. The van der Waals surface area contributed by atoms with Crippen molar-refractivity contribution >= 4 is 19.0 Å². The Bertz CT molecular complexity index is 515. The summed E-state index contributed by atoms with van der Waals surface area (Å²) in [5, 5.41) is 0.574. The fourth-order valence-corrected chi connectivity index (χ4v) is 1.21. The maximum Gasteiger partial charge on any atom is 0.250 e. The summed E-state index contributed by atoms with van der Waals surface area (Å²) in [5.41, 5.74) is 1.42. The second kappa shape index (κ2) is 2.69. The average Bonchev–Trinajstić information content (AvgIpc) is 2.12. The van der Waals surface area contributed by atoms with Crippen LogP contribution in [0.4, 0.5) is 0 Å². The van der Waals surface area contributed by atoms with E-state index in [1.54, 1.807) is 20.2 Å². The molecule has 0 saturated heterocycles. The van der Waals surface area contributed by atoms with Crippen LogP contribution in [0.15, 0.2) is 23.4 Å². The lowest BCUT2D eigenvalue weighted by Crippen LogP contribution is -2.19. The molecule has 5 heteroatoms. The number of aryl methyl sites for hydroxylation is 1. The third-order valence-electron chi connectivity index (χ3n) is 1.91. The third kappa shape index (κ3) is 1.22. The largest absolute Gasteiger partial charge is 0.352 e. The number of aromatic nitrogens is 3. The smallest absolute Gasteiger partial charge is 0.250 e. The first-order valence-electron chi connectivity index (χ1n) is 3.96. The lowest BCUT2D eigenvalue weighted by molar-refractivity contribution is 1.06. The highest BCUT2D eigenvalue weighted by Crippen LogP contribution is 2.04. The van der Waals surface area contributed by atoms with Gasteiger partial charge in [0.1, 0.15) is 0 Å². The van der Waals surface area contributed by atoms with Crippen LogP contribution in [0.5, 0.6) is 0 Å². The van der Waals surface area contributed by atoms with Gasteiger partial charge >= 0.3 is 0 Å². The van der Waals surface area contributed by atoms with E-state index in [2.05, 4.69) is 9.97 Å². The second-order valence-electron chi connectivity index (χ2n) is 3.04. The number of rotatable bonds is 0. The van der Waals surface area contributed by atoms with Crippen molar-refractivity contribution in [2.75, 3.05) is 0 Å². The van der Waals surface area contributed by atoms with Crippen LogP contribution in [-0.4, -0.2) is 22.4 Å². The van der Waals surface area contributed by atoms with Crippen LogP contribution in [0, 0.1) is 6.92 Å². The van der Waals surface area contributed by atoms with Crippen LogP contribution in [-0.2, 0) is 0 Å². The summed E-state index contributed by atoms with van der Waals surface area (Å²) in [7, 11) is 1.68. The van der Waals surface area contributed by atoms with E-state index in [1.807, 2.05) is 6.92 Å². The average molecular weight is 173 g/mol. The molecule has 0 unspecified atom stereocenters. The van der Waals surface area contributed by atoms with Gasteiger partial charge in [-0.2, -0.15) is 0 Å². The SMILES string of the molecule is Bn1cnc2ncc(C)cc2c1=O. The Morgan fingerprint density at radius 3 is 3.00 bits per heavy atom. The van der Waals surface area contributed by atoms with Crippen molar-refractivity contribution in [3.63, 3.8) is 0 Å². The zero-order valence-corrected chi connectivity index (χ0v) is 7.48. The van der Waals surface area contributed by atoms with Crippen molar-refractivity contribution in [2.24, 2.45) is 0 Å². The predicted octanol–water partition coefficient (Wildman–Crippen LogP) is -0.504. The van der Waals surface area contributed by atoms with Crippen LogP contribution in [0.2, 0.25) is 0 Å². The second-order valence-corrected chi connectivity index (χ2v) is 3.04. The number of fused-ring (bicyclic) bond motifs is 1. The molecule has 64 valence electrons. The molecule has 0 saturated carbocycles. The summed E-state index contributed by atoms with van der Waals surface area (Å²) >= 11 is 0. The third-order valence-corrected chi connectivity index (χ3v) is 1.91. The Morgan fingerprint density at radius 2 is 2.23 bits per heavy atom. The fraction of sp³-hybridized carbons (Fsp3) is 0.125. The van der Waals surface area contributed by atoms with Gasteiger partial charge in [-0.15, -0.1) is 0 Å². The minimum absolute atomic E-state index is 0.0544. The van der Waals surface area contributed by atoms with Crippen LogP contribution in [0.1, 0.15) is 5.56 Å². The summed E-state index contributed by atoms with van der Waals surface area (Å²) in [4.78, 5) is 19.7. The van der Waals surface area contributed by atoms with Gasteiger partial charge in [0.15, 0.2) is 5.65 Å². The van der Waals surface area contributed by atoms with Crippen LogP contribution >= 0.6 is 0 Å². The summed E-state index contributed by atoms with van der Waals surface area (Å²) in [6.07, 6.45) is 3.18. The van der Waals surface area contributed by atoms with Crippen LogP contribution < -0.4 is 5.56 Å². The Labute approximate surface area is 75.7 Å². The molecule has 0 aliphatic rings. The standard InChI is InChI=1S/C8H8BN3O/c1-5-2-6-7(10-3-5)11-4-12(9)8(6)13/h2-4H,9H2,1H3. The number of hydrogen-bond donors (Lipinski definition) is 0. The van der Waals surface area contributed by atoms with Crippen LogP contribution in [0.3, 0.4) is 0 Å². The molecule has 0 amide bonds. The summed E-state index contributed by atoms with van der Waals surface area (Å²) in [6.45, 7) is 1.90. The highest BCUT2D eigenvalue weighted by Gasteiger charge is 2.01. The van der Waals surface area contributed by atoms with E-state index >= 15 is 0 Å². The first-order valence-corrected chi connectivity index (χ1v) is 3.96. The zero-order chi connectivity index (χ0) is 9.42. The molecule has 2 rings (SSSR count). The summed E-state index contributed by atoms with van der Waals surface area (Å²) in [5.74, 6) is 0. The molecular formula is C8H8BN3O.